The van der Waals surface area contributed by atoms with Gasteiger partial charge in [-0.05, 0) is 59.8 Å². The number of nitrogens with zero attached hydrogens (tertiary/aromatic N) is 7. The van der Waals surface area contributed by atoms with Crippen molar-refractivity contribution in [3.8, 4) is 5.69 Å². The van der Waals surface area contributed by atoms with Crippen molar-refractivity contribution in [1.29, 1.82) is 0 Å². The van der Waals surface area contributed by atoms with Crippen LogP contribution in [-0.4, -0.2) is 62.4 Å². The monoisotopic (exact) mass is 457 g/mol. The largest absolute Gasteiger partial charge is 0.378 e. The van der Waals surface area contributed by atoms with Gasteiger partial charge in [0.2, 0.25) is 5.95 Å². The summed E-state index contributed by atoms with van der Waals surface area (Å²) in [7, 11) is 0. The lowest BCUT2D eigenvalue weighted by atomic mass is 10.2. The second-order valence-corrected chi connectivity index (χ2v) is 7.75. The van der Waals surface area contributed by atoms with E-state index in [-0.39, 0.29) is 5.91 Å². The number of benzene rings is 2. The van der Waals surface area contributed by atoms with Crippen LogP contribution in [0.1, 0.15) is 16.1 Å². The van der Waals surface area contributed by atoms with Gasteiger partial charge in [0.15, 0.2) is 0 Å². The maximum atomic E-state index is 12.7. The molecule has 0 aliphatic carbocycles. The molecule has 0 bridgehead atoms. The van der Waals surface area contributed by atoms with Crippen molar-refractivity contribution in [3.63, 3.8) is 0 Å². The Hall–Kier alpha value is -4.38. The standard InChI is InChI=1S/C23H23N9O2/c1-16-13-21(31-9-11-34-12-10-31)28-23(25-16)27-19-7-5-18(6-8-19)26-22(33)17-3-2-4-20(14-17)32-15-24-29-30-32/h2-8,13-15H,9-12H2,1H3,(H,26,33)(H,25,27,28). The lowest BCUT2D eigenvalue weighted by molar-refractivity contribution is 0.102. The highest BCUT2D eigenvalue weighted by Crippen LogP contribution is 2.21. The lowest BCUT2D eigenvalue weighted by Gasteiger charge is -2.28. The van der Waals surface area contributed by atoms with Crippen LogP contribution in [0.5, 0.6) is 0 Å². The average Bonchev–Trinajstić information content (AvgIpc) is 3.41. The van der Waals surface area contributed by atoms with Gasteiger partial charge in [0.1, 0.15) is 12.1 Å². The Morgan fingerprint density at radius 3 is 2.56 bits per heavy atom. The summed E-state index contributed by atoms with van der Waals surface area (Å²) in [5, 5.41) is 17.2. The summed E-state index contributed by atoms with van der Waals surface area (Å²) < 4.78 is 6.92. The number of morpholine rings is 1. The molecule has 1 saturated heterocycles. The van der Waals surface area contributed by atoms with E-state index in [0.29, 0.717) is 36.1 Å². The first-order chi connectivity index (χ1) is 16.6. The molecule has 1 fully saturated rings. The number of aromatic nitrogens is 6. The number of aryl methyl sites for hydroxylation is 1. The van der Waals surface area contributed by atoms with Crippen LogP contribution in [0, 0.1) is 6.92 Å². The molecule has 11 nitrogen and oxygen atoms in total. The van der Waals surface area contributed by atoms with Gasteiger partial charge >= 0.3 is 0 Å². The summed E-state index contributed by atoms with van der Waals surface area (Å²) >= 11 is 0. The van der Waals surface area contributed by atoms with Gasteiger partial charge in [-0.15, -0.1) is 5.10 Å². The van der Waals surface area contributed by atoms with Crippen LogP contribution < -0.4 is 15.5 Å². The fourth-order valence-electron chi connectivity index (χ4n) is 3.60. The number of carbonyl (C=O) groups excluding carboxylic acids is 1. The molecule has 34 heavy (non-hydrogen) atoms. The van der Waals surface area contributed by atoms with Gasteiger partial charge in [0, 0.05) is 41.8 Å². The molecule has 2 aromatic heterocycles. The molecular formula is C23H23N9O2. The molecule has 172 valence electrons. The Morgan fingerprint density at radius 2 is 1.79 bits per heavy atom. The first-order valence-corrected chi connectivity index (χ1v) is 10.8. The zero-order valence-electron chi connectivity index (χ0n) is 18.5. The highest BCUT2D eigenvalue weighted by atomic mass is 16.5. The van der Waals surface area contributed by atoms with Gasteiger partial charge in [-0.2, -0.15) is 4.98 Å². The molecule has 0 unspecified atom stereocenters. The average molecular weight is 457 g/mol. The predicted octanol–water partition coefficient (Wildman–Crippen LogP) is 2.59. The Labute approximate surface area is 195 Å². The minimum absolute atomic E-state index is 0.229. The Morgan fingerprint density at radius 1 is 1.00 bits per heavy atom. The molecular weight excluding hydrogens is 434 g/mol. The first kappa shape index (κ1) is 21.5. The fraction of sp³-hybridized carbons (Fsp3) is 0.217. The molecule has 3 heterocycles. The zero-order valence-corrected chi connectivity index (χ0v) is 18.5. The van der Waals surface area contributed by atoms with Crippen LogP contribution in [0.4, 0.5) is 23.1 Å². The van der Waals surface area contributed by atoms with E-state index in [4.69, 9.17) is 4.74 Å². The molecule has 1 aliphatic heterocycles. The molecule has 11 heteroatoms. The van der Waals surface area contributed by atoms with Gasteiger partial charge in [-0.1, -0.05) is 6.07 Å². The van der Waals surface area contributed by atoms with Crippen LogP contribution in [0.3, 0.4) is 0 Å². The topological polar surface area (TPSA) is 123 Å². The summed E-state index contributed by atoms with van der Waals surface area (Å²) in [6.07, 6.45) is 1.48. The number of rotatable bonds is 6. The van der Waals surface area contributed by atoms with Crippen LogP contribution in [0.15, 0.2) is 60.9 Å². The molecule has 0 radical (unpaired) electrons. The van der Waals surface area contributed by atoms with Gasteiger partial charge in [-0.25, -0.2) is 9.67 Å². The van der Waals surface area contributed by atoms with Crippen molar-refractivity contribution in [2.75, 3.05) is 41.8 Å². The van der Waals surface area contributed by atoms with Crippen LogP contribution in [0.2, 0.25) is 0 Å². The van der Waals surface area contributed by atoms with E-state index in [2.05, 4.69) is 41.0 Å². The molecule has 0 spiro atoms. The van der Waals surface area contributed by atoms with Crippen LogP contribution >= 0.6 is 0 Å². The van der Waals surface area contributed by atoms with Gasteiger partial charge in [0.25, 0.3) is 5.91 Å². The van der Waals surface area contributed by atoms with E-state index >= 15 is 0 Å². The first-order valence-electron chi connectivity index (χ1n) is 10.8. The number of ether oxygens (including phenoxy) is 1. The number of hydrogen-bond donors (Lipinski definition) is 2. The molecule has 5 rings (SSSR count). The highest BCUT2D eigenvalue weighted by molar-refractivity contribution is 6.04. The Balaban J connectivity index is 1.25. The van der Waals surface area contributed by atoms with Crippen molar-refractivity contribution in [3.05, 3.63) is 72.2 Å². The minimum atomic E-state index is -0.229. The number of tetrazole rings is 1. The molecule has 4 aromatic rings. The number of nitrogens with one attached hydrogen (secondary N) is 2. The fourth-order valence-corrected chi connectivity index (χ4v) is 3.60. The normalized spacial score (nSPS) is 13.5. The highest BCUT2D eigenvalue weighted by Gasteiger charge is 2.14. The molecule has 1 amide bonds. The third-order valence-corrected chi connectivity index (χ3v) is 5.30. The van der Waals surface area contributed by atoms with Crippen molar-refractivity contribution >= 4 is 29.0 Å². The molecule has 0 atom stereocenters. The predicted molar refractivity (Wildman–Crippen MR) is 127 cm³/mol. The maximum Gasteiger partial charge on any atom is 0.255 e. The molecule has 2 aromatic carbocycles. The van der Waals surface area contributed by atoms with E-state index in [9.17, 15) is 4.79 Å². The van der Waals surface area contributed by atoms with Crippen LogP contribution in [-0.2, 0) is 4.74 Å². The number of amides is 1. The summed E-state index contributed by atoms with van der Waals surface area (Å²) in [6.45, 7) is 4.96. The third kappa shape index (κ3) is 4.99. The second-order valence-electron chi connectivity index (χ2n) is 7.75. The van der Waals surface area contributed by atoms with Crippen molar-refractivity contribution in [2.45, 2.75) is 6.92 Å². The minimum Gasteiger partial charge on any atom is -0.378 e. The van der Waals surface area contributed by atoms with Gasteiger partial charge in [0.05, 0.1) is 18.9 Å². The van der Waals surface area contributed by atoms with Crippen molar-refractivity contribution < 1.29 is 9.53 Å². The second kappa shape index (κ2) is 9.63. The van der Waals surface area contributed by atoms with Crippen LogP contribution in [0.25, 0.3) is 5.69 Å². The smallest absolute Gasteiger partial charge is 0.255 e. The number of anilines is 4. The molecule has 1 aliphatic rings. The quantitative estimate of drug-likeness (QED) is 0.450. The maximum absolute atomic E-state index is 12.7. The lowest BCUT2D eigenvalue weighted by Crippen LogP contribution is -2.36. The SMILES string of the molecule is Cc1cc(N2CCOCC2)nc(Nc2ccc(NC(=O)c3cccc(-n4cnnn4)c3)cc2)n1. The molecule has 0 saturated carbocycles. The number of carbonyl (C=O) groups is 1. The van der Waals surface area contributed by atoms with E-state index < -0.39 is 0 Å². The summed E-state index contributed by atoms with van der Waals surface area (Å²) in [4.78, 5) is 24.1. The van der Waals surface area contributed by atoms with E-state index in [1.807, 2.05) is 43.3 Å². The van der Waals surface area contributed by atoms with E-state index in [1.54, 1.807) is 18.2 Å². The number of hydrogen-bond acceptors (Lipinski definition) is 9. The molecule has 2 N–H and O–H groups in total. The summed E-state index contributed by atoms with van der Waals surface area (Å²) in [5.41, 5.74) is 3.57. The Bertz CT molecular complexity index is 1270. The third-order valence-electron chi connectivity index (χ3n) is 5.30. The van der Waals surface area contributed by atoms with E-state index in [0.717, 1.165) is 30.3 Å². The summed E-state index contributed by atoms with van der Waals surface area (Å²) in [5.74, 6) is 1.18. The zero-order chi connectivity index (χ0) is 23.3. The van der Waals surface area contributed by atoms with E-state index in [1.165, 1.54) is 11.0 Å². The van der Waals surface area contributed by atoms with Gasteiger partial charge in [-0.3, -0.25) is 4.79 Å². The Kier molecular flexibility index (Phi) is 6.08. The van der Waals surface area contributed by atoms with Gasteiger partial charge < -0.3 is 20.3 Å². The van der Waals surface area contributed by atoms with Crippen molar-refractivity contribution in [1.82, 2.24) is 30.2 Å². The summed E-state index contributed by atoms with van der Waals surface area (Å²) in [6, 6.07) is 16.4. The van der Waals surface area contributed by atoms with Crippen molar-refractivity contribution in [2.24, 2.45) is 0 Å².